The Hall–Kier alpha value is -2.41. The van der Waals surface area contributed by atoms with Gasteiger partial charge in [-0.25, -0.2) is 5.01 Å². The molecule has 7 heteroatoms. The third-order valence-electron chi connectivity index (χ3n) is 3.03. The lowest BCUT2D eigenvalue weighted by Gasteiger charge is -2.32. The van der Waals surface area contributed by atoms with Gasteiger partial charge in [-0.05, 0) is 19.1 Å². The molecule has 0 aliphatic carbocycles. The molecule has 102 valence electrons. The lowest BCUT2D eigenvalue weighted by molar-refractivity contribution is 0.282. The minimum Gasteiger partial charge on any atom is -0.219 e. The van der Waals surface area contributed by atoms with Crippen LogP contribution in [0.25, 0.3) is 0 Å². The average molecular weight is 288 g/mol. The monoisotopic (exact) mass is 288 g/mol. The summed E-state index contributed by atoms with van der Waals surface area (Å²) in [4.78, 5) is 0.207. The zero-order valence-electron chi connectivity index (χ0n) is 10.8. The highest BCUT2D eigenvalue weighted by molar-refractivity contribution is 7.89. The first-order chi connectivity index (χ1) is 9.51. The normalized spacial score (nSPS) is 17.9. The molecule has 0 fully saturated rings. The van der Waals surface area contributed by atoms with Gasteiger partial charge in [0.2, 0.25) is 0 Å². The Morgan fingerprint density at radius 2 is 1.85 bits per heavy atom. The van der Waals surface area contributed by atoms with Gasteiger partial charge in [0.25, 0.3) is 10.0 Å². The van der Waals surface area contributed by atoms with E-state index in [-0.39, 0.29) is 4.90 Å². The van der Waals surface area contributed by atoms with Crippen LogP contribution in [0.5, 0.6) is 0 Å². The van der Waals surface area contributed by atoms with Gasteiger partial charge in [-0.3, -0.25) is 0 Å². The highest BCUT2D eigenvalue weighted by Gasteiger charge is 2.36. The van der Waals surface area contributed by atoms with Crippen LogP contribution in [0.1, 0.15) is 6.92 Å². The molecule has 3 rings (SSSR count). The second-order valence-corrected chi connectivity index (χ2v) is 6.10. The topological polar surface area (TPSA) is 65.3 Å². The highest BCUT2D eigenvalue weighted by atomic mass is 32.2. The summed E-state index contributed by atoms with van der Waals surface area (Å²) >= 11 is 0. The Kier molecular flexibility index (Phi) is 2.72. The number of hydrogen-bond acceptors (Lipinski definition) is 5. The molecule has 0 aromatic heterocycles. The van der Waals surface area contributed by atoms with E-state index in [4.69, 9.17) is 0 Å². The van der Waals surface area contributed by atoms with Gasteiger partial charge in [0.1, 0.15) is 0 Å². The van der Waals surface area contributed by atoms with Crippen molar-refractivity contribution in [3.63, 3.8) is 0 Å². The maximum absolute atomic E-state index is 12.6. The summed E-state index contributed by atoms with van der Waals surface area (Å²) < 4.78 is 26.4. The molecule has 0 amide bonds. The quantitative estimate of drug-likeness (QED) is 0.832. The summed E-state index contributed by atoms with van der Waals surface area (Å²) in [5.74, 6) is 0.431. The maximum atomic E-state index is 12.6. The molecule has 2 aliphatic rings. The van der Waals surface area contributed by atoms with Crippen molar-refractivity contribution in [1.29, 1.82) is 0 Å². The number of benzene rings is 1. The van der Waals surface area contributed by atoms with Crippen LogP contribution in [-0.4, -0.2) is 29.4 Å². The molecule has 0 saturated heterocycles. The van der Waals surface area contributed by atoms with Crippen LogP contribution < -0.4 is 0 Å². The molecule has 6 nitrogen and oxygen atoms in total. The van der Waals surface area contributed by atoms with Crippen molar-refractivity contribution in [3.8, 4) is 0 Å². The smallest absolute Gasteiger partial charge is 0.219 e. The molecule has 1 aromatic carbocycles. The van der Waals surface area contributed by atoms with Crippen molar-refractivity contribution in [2.24, 2.45) is 10.2 Å². The zero-order valence-corrected chi connectivity index (χ0v) is 11.6. The van der Waals surface area contributed by atoms with Gasteiger partial charge in [0.15, 0.2) is 5.84 Å². The molecule has 0 atom stereocenters. The molecule has 0 N–H and O–H groups in total. The number of hydrogen-bond donors (Lipinski definition) is 0. The summed E-state index contributed by atoms with van der Waals surface area (Å²) in [6, 6.07) is 8.22. The van der Waals surface area contributed by atoms with Crippen LogP contribution in [0.15, 0.2) is 70.0 Å². The zero-order chi connectivity index (χ0) is 14.3. The van der Waals surface area contributed by atoms with E-state index in [1.165, 1.54) is 11.2 Å². The summed E-state index contributed by atoms with van der Waals surface area (Å²) in [6.45, 7) is 5.59. The third-order valence-corrected chi connectivity index (χ3v) is 4.67. The standard InChI is InChI=1S/C13H12N4O2S/c1-10-11(2)17-13(15-14-10)8-9-16(17)20(18,19)12-6-4-3-5-7-12/h3-9H,2H2,1H3. The largest absolute Gasteiger partial charge is 0.281 e. The number of fused-ring (bicyclic) bond motifs is 1. The van der Waals surface area contributed by atoms with Crippen molar-refractivity contribution in [2.45, 2.75) is 11.8 Å². The van der Waals surface area contributed by atoms with Crippen molar-refractivity contribution in [3.05, 3.63) is 54.9 Å². The molecule has 0 bridgehead atoms. The molecule has 0 unspecified atom stereocenters. The Labute approximate surface area is 117 Å². The second kappa shape index (κ2) is 4.31. The van der Waals surface area contributed by atoms with E-state index in [9.17, 15) is 8.42 Å². The Balaban J connectivity index is 2.05. The first-order valence-electron chi connectivity index (χ1n) is 5.91. The Morgan fingerprint density at radius 1 is 1.15 bits per heavy atom. The number of sulfonamides is 1. The van der Waals surface area contributed by atoms with Crippen LogP contribution in [0.4, 0.5) is 0 Å². The molecular formula is C13H12N4O2S. The number of amidine groups is 1. The fourth-order valence-corrected chi connectivity index (χ4v) is 3.26. The second-order valence-electron chi connectivity index (χ2n) is 4.31. The molecule has 20 heavy (non-hydrogen) atoms. The minimum absolute atomic E-state index is 0.207. The predicted octanol–water partition coefficient (Wildman–Crippen LogP) is 1.72. The number of rotatable bonds is 2. The van der Waals surface area contributed by atoms with Crippen LogP contribution in [-0.2, 0) is 10.0 Å². The van der Waals surface area contributed by atoms with Crippen LogP contribution in [0, 0.1) is 0 Å². The van der Waals surface area contributed by atoms with E-state index in [0.29, 0.717) is 17.2 Å². The van der Waals surface area contributed by atoms with Gasteiger partial charge in [0.05, 0.1) is 16.3 Å². The molecule has 2 heterocycles. The maximum Gasteiger partial charge on any atom is 0.281 e. The highest BCUT2D eigenvalue weighted by Crippen LogP contribution is 2.27. The van der Waals surface area contributed by atoms with E-state index in [1.54, 1.807) is 43.3 Å². The number of allylic oxidation sites excluding steroid dienone is 1. The van der Waals surface area contributed by atoms with Crippen LogP contribution >= 0.6 is 0 Å². The number of nitrogens with zero attached hydrogens (tertiary/aromatic N) is 4. The van der Waals surface area contributed by atoms with Crippen molar-refractivity contribution < 1.29 is 8.42 Å². The Morgan fingerprint density at radius 3 is 2.55 bits per heavy atom. The molecule has 1 aromatic rings. The van der Waals surface area contributed by atoms with Crippen molar-refractivity contribution >= 4 is 21.6 Å². The fraction of sp³-hybridized carbons (Fsp3) is 0.0769. The van der Waals surface area contributed by atoms with E-state index in [1.807, 2.05) is 0 Å². The van der Waals surface area contributed by atoms with E-state index >= 15 is 0 Å². The van der Waals surface area contributed by atoms with Gasteiger partial charge in [-0.15, -0.1) is 5.10 Å². The van der Waals surface area contributed by atoms with Gasteiger partial charge in [-0.2, -0.15) is 17.9 Å². The van der Waals surface area contributed by atoms with E-state index < -0.39 is 10.0 Å². The number of hydrazine groups is 1. The first kappa shape index (κ1) is 12.6. The first-order valence-corrected chi connectivity index (χ1v) is 7.35. The molecule has 0 spiro atoms. The fourth-order valence-electron chi connectivity index (χ4n) is 1.93. The molecule has 2 aliphatic heterocycles. The van der Waals surface area contributed by atoms with Gasteiger partial charge in [-0.1, -0.05) is 24.8 Å². The summed E-state index contributed by atoms with van der Waals surface area (Å²) in [7, 11) is -3.69. The average Bonchev–Trinajstić information content (AvgIpc) is 2.89. The van der Waals surface area contributed by atoms with Crippen molar-refractivity contribution in [1.82, 2.24) is 9.42 Å². The lowest BCUT2D eigenvalue weighted by atomic mass is 10.3. The SMILES string of the molecule is C=C1C(C)=NN=C2C=CN(S(=O)(=O)c3ccccc3)N12. The van der Waals surface area contributed by atoms with Gasteiger partial charge >= 0.3 is 0 Å². The molecule has 0 radical (unpaired) electrons. The van der Waals surface area contributed by atoms with E-state index in [2.05, 4.69) is 16.8 Å². The van der Waals surface area contributed by atoms with Crippen LogP contribution in [0.3, 0.4) is 0 Å². The molecular weight excluding hydrogens is 276 g/mol. The van der Waals surface area contributed by atoms with Crippen LogP contribution in [0.2, 0.25) is 0 Å². The minimum atomic E-state index is -3.69. The summed E-state index contributed by atoms with van der Waals surface area (Å²) in [5, 5.41) is 9.33. The van der Waals surface area contributed by atoms with Crippen molar-refractivity contribution in [2.75, 3.05) is 0 Å². The lowest BCUT2D eigenvalue weighted by Crippen LogP contribution is -2.43. The Bertz CT molecular complexity index is 763. The summed E-state index contributed by atoms with van der Waals surface area (Å²) in [6.07, 6.45) is 3.03. The van der Waals surface area contributed by atoms with E-state index in [0.717, 1.165) is 4.41 Å². The third kappa shape index (κ3) is 1.75. The molecule has 0 saturated carbocycles. The summed E-state index contributed by atoms with van der Waals surface area (Å²) in [5.41, 5.74) is 1.06. The van der Waals surface area contributed by atoms with Gasteiger partial charge in [0, 0.05) is 12.3 Å². The predicted molar refractivity (Wildman–Crippen MR) is 76.1 cm³/mol. The van der Waals surface area contributed by atoms with Gasteiger partial charge < -0.3 is 0 Å².